The summed E-state index contributed by atoms with van der Waals surface area (Å²) in [6, 6.07) is 4.58. The Labute approximate surface area is 239 Å². The maximum absolute atomic E-state index is 14.1. The van der Waals surface area contributed by atoms with Crippen molar-refractivity contribution in [2.24, 2.45) is 28.6 Å². The number of aromatic hydroxyl groups is 1. The Balaban J connectivity index is 2.16. The van der Waals surface area contributed by atoms with Crippen molar-refractivity contribution >= 4 is 28.9 Å². The third-order valence-electron chi connectivity index (χ3n) is 10.2. The van der Waals surface area contributed by atoms with Crippen LogP contribution in [0.1, 0.15) is 89.6 Å². The van der Waals surface area contributed by atoms with Crippen molar-refractivity contribution in [1.29, 1.82) is 0 Å². The number of carbonyl (C=O) groups is 5. The first-order valence-electron chi connectivity index (χ1n) is 13.9. The Morgan fingerprint density at radius 3 is 2.15 bits per heavy atom. The summed E-state index contributed by atoms with van der Waals surface area (Å²) in [5.74, 6) is -8.46. The number of allylic oxidation sites excluding steroid dienone is 2. The number of carbonyl (C=O) groups excluding carboxylic acids is 5. The largest absolute Gasteiger partial charge is 0.511 e. The zero-order chi connectivity index (χ0) is 31.0. The van der Waals surface area contributed by atoms with Crippen molar-refractivity contribution in [2.45, 2.75) is 79.2 Å². The van der Waals surface area contributed by atoms with Gasteiger partial charge in [0.05, 0.1) is 5.56 Å². The van der Waals surface area contributed by atoms with E-state index in [1.165, 1.54) is 19.9 Å². The van der Waals surface area contributed by atoms with Crippen molar-refractivity contribution in [2.75, 3.05) is 0 Å². The quantitative estimate of drug-likeness (QED) is 0.348. The number of phenolic OH excluding ortho intramolecular Hbond substituents is 1. The van der Waals surface area contributed by atoms with Crippen LogP contribution in [-0.2, 0) is 19.2 Å². The molecule has 0 amide bonds. The van der Waals surface area contributed by atoms with E-state index in [2.05, 4.69) is 0 Å². The van der Waals surface area contributed by atoms with Crippen molar-refractivity contribution < 1.29 is 44.4 Å². The van der Waals surface area contributed by atoms with Gasteiger partial charge in [0.1, 0.15) is 34.4 Å². The maximum atomic E-state index is 14.1. The molecule has 3 aliphatic carbocycles. The molecule has 0 fully saturated rings. The highest BCUT2D eigenvalue weighted by atomic mass is 16.4. The molecule has 4 N–H and O–H groups in total. The fraction of sp³-hybridized carbons (Fsp3) is 0.531. The molecule has 0 aromatic heterocycles. The third kappa shape index (κ3) is 3.81. The van der Waals surface area contributed by atoms with Crippen LogP contribution in [0.5, 0.6) is 5.75 Å². The predicted molar refractivity (Wildman–Crippen MR) is 148 cm³/mol. The molecule has 0 heterocycles. The number of hydrogen-bond donors (Lipinski definition) is 4. The summed E-state index contributed by atoms with van der Waals surface area (Å²) < 4.78 is 0. The van der Waals surface area contributed by atoms with Gasteiger partial charge in [-0.25, -0.2) is 0 Å². The highest BCUT2D eigenvalue weighted by Gasteiger charge is 2.75. The topological polar surface area (TPSA) is 166 Å². The second-order valence-electron chi connectivity index (χ2n) is 12.7. The fourth-order valence-corrected chi connectivity index (χ4v) is 8.17. The molecule has 0 aliphatic heterocycles. The van der Waals surface area contributed by atoms with E-state index < -0.39 is 74.5 Å². The normalized spacial score (nSPS) is 33.0. The molecule has 1 aromatic carbocycles. The summed E-state index contributed by atoms with van der Waals surface area (Å²) >= 11 is 0. The van der Waals surface area contributed by atoms with Crippen molar-refractivity contribution in [3.63, 3.8) is 0 Å². The zero-order valence-corrected chi connectivity index (χ0v) is 24.5. The van der Waals surface area contributed by atoms with E-state index in [9.17, 15) is 44.4 Å². The molecule has 41 heavy (non-hydrogen) atoms. The number of ketones is 5. The Hall–Kier alpha value is -3.59. The summed E-state index contributed by atoms with van der Waals surface area (Å²) in [5.41, 5.74) is -6.61. The monoisotopic (exact) mass is 566 g/mol. The van der Waals surface area contributed by atoms with Crippen LogP contribution in [0, 0.1) is 28.6 Å². The Morgan fingerprint density at radius 1 is 1.00 bits per heavy atom. The highest BCUT2D eigenvalue weighted by Crippen LogP contribution is 2.71. The van der Waals surface area contributed by atoms with E-state index in [1.807, 2.05) is 0 Å². The van der Waals surface area contributed by atoms with Crippen LogP contribution in [0.2, 0.25) is 0 Å². The Bertz CT molecular complexity index is 1460. The smallest absolute Gasteiger partial charge is 0.209 e. The lowest BCUT2D eigenvalue weighted by Crippen LogP contribution is -2.71. The summed E-state index contributed by atoms with van der Waals surface area (Å²) in [4.78, 5) is 66.1. The number of Topliss-reactive ketones (excluding diaryl/α,β-unsaturated/α-hetero) is 5. The predicted octanol–water partition coefficient (Wildman–Crippen LogP) is 4.46. The van der Waals surface area contributed by atoms with Gasteiger partial charge in [0, 0.05) is 41.6 Å². The lowest BCUT2D eigenvalue weighted by atomic mass is 9.38. The van der Waals surface area contributed by atoms with Gasteiger partial charge >= 0.3 is 0 Å². The van der Waals surface area contributed by atoms with Crippen LogP contribution in [0.25, 0.3) is 0 Å². The van der Waals surface area contributed by atoms with Gasteiger partial charge < -0.3 is 25.2 Å². The molecule has 1 unspecified atom stereocenters. The molecule has 0 saturated carbocycles. The van der Waals surface area contributed by atoms with Crippen LogP contribution in [0.4, 0.5) is 0 Å². The van der Waals surface area contributed by atoms with Crippen molar-refractivity contribution in [3.05, 3.63) is 52.0 Å². The first-order chi connectivity index (χ1) is 18.9. The molecule has 0 bridgehead atoms. The van der Waals surface area contributed by atoms with Gasteiger partial charge in [-0.05, 0) is 43.2 Å². The standard InChI is InChI=1S/C32H38O9/c1-14(2)24-26(37)22(17(5)34)28(39)32(41)29(40)25-27(38)23-19(9-8-10-20(23)36)16(4)30(25,6)21(31(24,32)7)13-18(35)12-11-15(3)33/h8-10,14,16,21,24,36-37,40-41H,11-13H2,1-7H3/t16-,21-,24?,30-,31-,32+/m1/s1. The number of phenols is 1. The van der Waals surface area contributed by atoms with Gasteiger partial charge in [-0.2, -0.15) is 0 Å². The summed E-state index contributed by atoms with van der Waals surface area (Å²) in [7, 11) is 0. The lowest BCUT2D eigenvalue weighted by molar-refractivity contribution is -0.193. The second-order valence-corrected chi connectivity index (χ2v) is 12.7. The van der Waals surface area contributed by atoms with E-state index >= 15 is 0 Å². The van der Waals surface area contributed by atoms with Crippen LogP contribution in [0.3, 0.4) is 0 Å². The van der Waals surface area contributed by atoms with Gasteiger partial charge in [-0.15, -0.1) is 0 Å². The zero-order valence-electron chi connectivity index (χ0n) is 24.5. The van der Waals surface area contributed by atoms with Crippen molar-refractivity contribution in [3.8, 4) is 5.75 Å². The third-order valence-corrected chi connectivity index (χ3v) is 10.2. The molecule has 0 radical (unpaired) electrons. The van der Waals surface area contributed by atoms with Gasteiger partial charge in [-0.3, -0.25) is 19.2 Å². The summed E-state index contributed by atoms with van der Waals surface area (Å²) in [6.07, 6.45) is -0.416. The number of aliphatic hydroxyl groups excluding tert-OH is 2. The van der Waals surface area contributed by atoms with Crippen LogP contribution in [-0.4, -0.2) is 54.9 Å². The minimum atomic E-state index is -2.85. The van der Waals surface area contributed by atoms with E-state index in [-0.39, 0.29) is 47.7 Å². The lowest BCUT2D eigenvalue weighted by Gasteiger charge is -2.65. The molecular weight excluding hydrogens is 528 g/mol. The summed E-state index contributed by atoms with van der Waals surface area (Å²) in [5, 5.41) is 46.6. The van der Waals surface area contributed by atoms with Crippen LogP contribution >= 0.6 is 0 Å². The number of benzene rings is 1. The summed E-state index contributed by atoms with van der Waals surface area (Å²) in [6.45, 7) is 10.9. The molecule has 220 valence electrons. The first kappa shape index (κ1) is 30.4. The van der Waals surface area contributed by atoms with Crippen LogP contribution < -0.4 is 0 Å². The van der Waals surface area contributed by atoms with Crippen molar-refractivity contribution in [1.82, 2.24) is 0 Å². The van der Waals surface area contributed by atoms with Gasteiger partial charge in [0.15, 0.2) is 17.2 Å². The molecule has 9 heteroatoms. The molecule has 3 aliphatic rings. The molecule has 0 spiro atoms. The second kappa shape index (κ2) is 9.76. The minimum Gasteiger partial charge on any atom is -0.511 e. The highest BCUT2D eigenvalue weighted by molar-refractivity contribution is 6.25. The van der Waals surface area contributed by atoms with Gasteiger partial charge in [0.25, 0.3) is 0 Å². The Morgan fingerprint density at radius 2 is 1.61 bits per heavy atom. The number of rotatable bonds is 7. The van der Waals surface area contributed by atoms with Gasteiger partial charge in [-0.1, -0.05) is 46.8 Å². The molecule has 0 saturated heterocycles. The average molecular weight is 567 g/mol. The van der Waals surface area contributed by atoms with E-state index in [1.54, 1.807) is 39.8 Å². The van der Waals surface area contributed by atoms with E-state index in [4.69, 9.17) is 0 Å². The van der Waals surface area contributed by atoms with Crippen LogP contribution in [0.15, 0.2) is 40.9 Å². The SMILES string of the molecule is CC(=O)CCC(=O)C[C@@H]1[C@]2(C)C(=C(O)[C@@]3(O)C(=O)C(C(C)=O)=C(O)C(C(C)C)[C@@]13C)C(=O)c1c(O)cccc1[C@H]2C. The van der Waals surface area contributed by atoms with E-state index in [0.29, 0.717) is 5.56 Å². The molecule has 4 rings (SSSR count). The maximum Gasteiger partial charge on any atom is 0.209 e. The number of fused-ring (bicyclic) bond motifs is 3. The average Bonchev–Trinajstić information content (AvgIpc) is 2.86. The fourth-order valence-electron chi connectivity index (χ4n) is 8.17. The van der Waals surface area contributed by atoms with Gasteiger partial charge in [0.2, 0.25) is 5.78 Å². The molecule has 9 nitrogen and oxygen atoms in total. The molecule has 6 atom stereocenters. The molecular formula is C32H38O9. The first-order valence-corrected chi connectivity index (χ1v) is 13.9. The Kier molecular flexibility index (Phi) is 7.23. The van der Waals surface area contributed by atoms with E-state index in [0.717, 1.165) is 6.92 Å². The number of aliphatic hydroxyl groups is 3. The number of hydrogen-bond acceptors (Lipinski definition) is 9. The molecule has 1 aromatic rings. The minimum absolute atomic E-state index is 0.0193.